The van der Waals surface area contributed by atoms with Gasteiger partial charge < -0.3 is 10.4 Å². The van der Waals surface area contributed by atoms with E-state index >= 15 is 0 Å². The van der Waals surface area contributed by atoms with E-state index < -0.39 is 0 Å². The Morgan fingerprint density at radius 1 is 1.23 bits per heavy atom. The minimum atomic E-state index is -0.390. The summed E-state index contributed by atoms with van der Waals surface area (Å²) in [6, 6.07) is 0. The average molecular weight is 183 g/mol. The summed E-state index contributed by atoms with van der Waals surface area (Å²) in [5.74, 6) is 0. The van der Waals surface area contributed by atoms with E-state index in [4.69, 9.17) is 0 Å². The molecule has 1 aliphatic heterocycles. The summed E-state index contributed by atoms with van der Waals surface area (Å²) in [5.41, 5.74) is 0.0415. The number of aliphatic hydroxyl groups is 1. The van der Waals surface area contributed by atoms with Gasteiger partial charge in [-0.15, -0.1) is 0 Å². The predicted molar refractivity (Wildman–Crippen MR) is 53.6 cm³/mol. The van der Waals surface area contributed by atoms with E-state index in [2.05, 4.69) is 12.2 Å². The van der Waals surface area contributed by atoms with Crippen molar-refractivity contribution >= 4 is 0 Å². The molecule has 76 valence electrons. The molecule has 0 aromatic rings. The number of hydrogen-bond acceptors (Lipinski definition) is 2. The van der Waals surface area contributed by atoms with Crippen molar-refractivity contribution in [2.45, 2.75) is 51.0 Å². The van der Waals surface area contributed by atoms with Crippen LogP contribution in [0.1, 0.15) is 45.4 Å². The minimum Gasteiger partial charge on any atom is -0.388 e. The number of rotatable bonds is 2. The first-order chi connectivity index (χ1) is 6.12. The van der Waals surface area contributed by atoms with E-state index in [1.165, 1.54) is 25.7 Å². The summed E-state index contributed by atoms with van der Waals surface area (Å²) < 4.78 is 0. The highest BCUT2D eigenvalue weighted by molar-refractivity contribution is 4.95. The molecule has 0 bridgehead atoms. The molecule has 2 rings (SSSR count). The van der Waals surface area contributed by atoms with Gasteiger partial charge in [0.25, 0.3) is 0 Å². The van der Waals surface area contributed by atoms with Crippen molar-refractivity contribution < 1.29 is 5.11 Å². The van der Waals surface area contributed by atoms with Crippen LogP contribution in [0.3, 0.4) is 0 Å². The van der Waals surface area contributed by atoms with Crippen molar-refractivity contribution in [3.8, 4) is 0 Å². The van der Waals surface area contributed by atoms with Crippen LogP contribution in [-0.4, -0.2) is 23.8 Å². The van der Waals surface area contributed by atoms with Gasteiger partial charge in [-0.2, -0.15) is 0 Å². The Bertz CT molecular complexity index is 159. The molecule has 2 aliphatic rings. The maximum atomic E-state index is 10.3. The normalized spacial score (nSPS) is 38.3. The van der Waals surface area contributed by atoms with Gasteiger partial charge in [0.1, 0.15) is 0 Å². The number of nitrogens with one attached hydrogen (secondary N) is 1. The molecule has 1 saturated heterocycles. The van der Waals surface area contributed by atoms with Crippen molar-refractivity contribution in [3.63, 3.8) is 0 Å². The summed E-state index contributed by atoms with van der Waals surface area (Å²) >= 11 is 0. The predicted octanol–water partition coefficient (Wildman–Crippen LogP) is 1.68. The van der Waals surface area contributed by atoms with Crippen LogP contribution in [0.4, 0.5) is 0 Å². The van der Waals surface area contributed by atoms with Crippen molar-refractivity contribution in [2.75, 3.05) is 13.1 Å². The van der Waals surface area contributed by atoms with E-state index in [0.717, 1.165) is 25.9 Å². The molecule has 0 aromatic carbocycles. The molecule has 13 heavy (non-hydrogen) atoms. The second-order valence-electron chi connectivity index (χ2n) is 5.35. The van der Waals surface area contributed by atoms with Gasteiger partial charge in [-0.1, -0.05) is 19.8 Å². The van der Waals surface area contributed by atoms with Gasteiger partial charge in [0.15, 0.2) is 0 Å². The molecule has 2 heteroatoms. The van der Waals surface area contributed by atoms with Gasteiger partial charge >= 0.3 is 0 Å². The zero-order chi connectivity index (χ0) is 9.36. The standard InChI is InChI=1S/C11H21NO/c1-10(4-2-3-5-10)8-11(13)6-7-12-9-11/h12-13H,2-9H2,1H3. The third-order valence-corrected chi connectivity index (χ3v) is 3.79. The number of hydrogen-bond donors (Lipinski definition) is 2. The first-order valence-corrected chi connectivity index (χ1v) is 5.55. The fraction of sp³-hybridized carbons (Fsp3) is 1.00. The van der Waals surface area contributed by atoms with E-state index in [1.807, 2.05) is 0 Å². The lowest BCUT2D eigenvalue weighted by Crippen LogP contribution is -2.36. The summed E-state index contributed by atoms with van der Waals surface area (Å²) in [5, 5.41) is 13.5. The van der Waals surface area contributed by atoms with Gasteiger partial charge in [0, 0.05) is 6.54 Å². The Morgan fingerprint density at radius 2 is 1.92 bits per heavy atom. The molecule has 1 aliphatic carbocycles. The van der Waals surface area contributed by atoms with E-state index in [-0.39, 0.29) is 5.60 Å². The second kappa shape index (κ2) is 3.25. The van der Waals surface area contributed by atoms with Crippen LogP contribution in [0.15, 0.2) is 0 Å². The van der Waals surface area contributed by atoms with E-state index in [1.54, 1.807) is 0 Å². The van der Waals surface area contributed by atoms with Crippen molar-refractivity contribution in [3.05, 3.63) is 0 Å². The fourth-order valence-electron chi connectivity index (χ4n) is 3.08. The zero-order valence-electron chi connectivity index (χ0n) is 8.60. The van der Waals surface area contributed by atoms with Crippen LogP contribution in [0.2, 0.25) is 0 Å². The molecule has 2 fully saturated rings. The Balaban J connectivity index is 1.95. The Kier molecular flexibility index (Phi) is 2.37. The molecule has 1 saturated carbocycles. The fourth-order valence-corrected chi connectivity index (χ4v) is 3.08. The lowest BCUT2D eigenvalue weighted by atomic mass is 9.77. The molecule has 0 spiro atoms. The maximum Gasteiger partial charge on any atom is 0.0788 e. The summed E-state index contributed by atoms with van der Waals surface area (Å²) in [4.78, 5) is 0. The van der Waals surface area contributed by atoms with Gasteiger partial charge in [-0.3, -0.25) is 0 Å². The first-order valence-electron chi connectivity index (χ1n) is 5.55. The van der Waals surface area contributed by atoms with Gasteiger partial charge in [-0.05, 0) is 37.6 Å². The first kappa shape index (κ1) is 9.47. The highest BCUT2D eigenvalue weighted by atomic mass is 16.3. The van der Waals surface area contributed by atoms with Crippen LogP contribution < -0.4 is 5.32 Å². The highest BCUT2D eigenvalue weighted by Crippen LogP contribution is 2.44. The molecule has 1 atom stereocenters. The maximum absolute atomic E-state index is 10.3. The lowest BCUT2D eigenvalue weighted by Gasteiger charge is -2.32. The van der Waals surface area contributed by atoms with Gasteiger partial charge in [-0.25, -0.2) is 0 Å². The summed E-state index contributed by atoms with van der Waals surface area (Å²) in [6.45, 7) is 4.14. The third kappa shape index (κ3) is 2.05. The molecule has 1 heterocycles. The van der Waals surface area contributed by atoms with Crippen LogP contribution in [0.25, 0.3) is 0 Å². The molecule has 0 radical (unpaired) electrons. The third-order valence-electron chi connectivity index (χ3n) is 3.79. The molecule has 2 N–H and O–H groups in total. The van der Waals surface area contributed by atoms with Crippen molar-refractivity contribution in [2.24, 2.45) is 5.41 Å². The number of β-amino-alcohol motifs (C(OH)–C–C–N with tert-alkyl or cyclic N) is 1. The van der Waals surface area contributed by atoms with Crippen molar-refractivity contribution in [1.82, 2.24) is 5.32 Å². The summed E-state index contributed by atoms with van der Waals surface area (Å²) in [6.07, 6.45) is 7.31. The van der Waals surface area contributed by atoms with Gasteiger partial charge in [0.2, 0.25) is 0 Å². The monoisotopic (exact) mass is 183 g/mol. The van der Waals surface area contributed by atoms with Crippen LogP contribution >= 0.6 is 0 Å². The largest absolute Gasteiger partial charge is 0.388 e. The average Bonchev–Trinajstić information content (AvgIpc) is 2.60. The SMILES string of the molecule is CC1(CC2(O)CCNC2)CCCC1. The quantitative estimate of drug-likeness (QED) is 0.682. The second-order valence-corrected chi connectivity index (χ2v) is 5.35. The molecule has 0 aromatic heterocycles. The lowest BCUT2D eigenvalue weighted by molar-refractivity contribution is 0.0126. The molecule has 2 nitrogen and oxygen atoms in total. The van der Waals surface area contributed by atoms with E-state index in [9.17, 15) is 5.11 Å². The van der Waals surface area contributed by atoms with Gasteiger partial charge in [0.05, 0.1) is 5.60 Å². The molecule has 1 unspecified atom stereocenters. The zero-order valence-corrected chi connectivity index (χ0v) is 8.60. The Morgan fingerprint density at radius 3 is 2.46 bits per heavy atom. The van der Waals surface area contributed by atoms with Crippen molar-refractivity contribution in [1.29, 1.82) is 0 Å². The molecular formula is C11H21NO. The molecule has 0 amide bonds. The minimum absolute atomic E-state index is 0.390. The van der Waals surface area contributed by atoms with E-state index in [0.29, 0.717) is 5.41 Å². The Hall–Kier alpha value is -0.0800. The topological polar surface area (TPSA) is 32.3 Å². The van der Waals surface area contributed by atoms with Crippen LogP contribution in [-0.2, 0) is 0 Å². The van der Waals surface area contributed by atoms with Crippen LogP contribution in [0.5, 0.6) is 0 Å². The highest BCUT2D eigenvalue weighted by Gasteiger charge is 2.40. The Labute approximate surface area is 80.7 Å². The molecular weight excluding hydrogens is 162 g/mol. The summed E-state index contributed by atoms with van der Waals surface area (Å²) in [7, 11) is 0. The smallest absolute Gasteiger partial charge is 0.0788 e. The van der Waals surface area contributed by atoms with Crippen LogP contribution in [0, 0.1) is 5.41 Å².